The van der Waals surface area contributed by atoms with Crippen molar-refractivity contribution in [2.24, 2.45) is 0 Å². The van der Waals surface area contributed by atoms with E-state index in [1.165, 1.54) is 122 Å². The summed E-state index contributed by atoms with van der Waals surface area (Å²) in [5, 5.41) is 0. The van der Waals surface area contributed by atoms with Gasteiger partial charge in [-0.05, 0) is 12.8 Å². The Hall–Kier alpha value is -0.0800. The monoisotopic (exact) mass is 382 g/mol. The minimum Gasteiger partial charge on any atom is -0.314 e. The number of hydrogen-bond donors (Lipinski definition) is 0. The molecule has 0 N–H and O–H groups in total. The van der Waals surface area contributed by atoms with E-state index in [0.29, 0.717) is 12.3 Å². The third-order valence-electron chi connectivity index (χ3n) is 6.39. The van der Waals surface area contributed by atoms with Crippen LogP contribution in [0.4, 0.5) is 0 Å². The third kappa shape index (κ3) is 12.9. The standard InChI is InChI=1S/C25H52NO/c1-5-7-8-9-10-11-12-13-14-15-16-17-18-19-20-21-22-24-25(27-24)26(3,4)23-6-2/h24-25H,5-23H2,1-4H3/q+1. The van der Waals surface area contributed by atoms with Crippen LogP contribution in [0, 0.1) is 0 Å². The summed E-state index contributed by atoms with van der Waals surface area (Å²) >= 11 is 0. The first-order valence-corrected chi connectivity index (χ1v) is 12.6. The fraction of sp³-hybridized carbons (Fsp3) is 1.00. The number of epoxide rings is 1. The summed E-state index contributed by atoms with van der Waals surface area (Å²) in [5.41, 5.74) is 0. The molecule has 0 amide bonds. The van der Waals surface area contributed by atoms with E-state index < -0.39 is 0 Å². The molecule has 0 saturated carbocycles. The molecule has 1 fully saturated rings. The second-order valence-corrected chi connectivity index (χ2v) is 9.66. The van der Waals surface area contributed by atoms with E-state index in [-0.39, 0.29) is 0 Å². The minimum atomic E-state index is 0.487. The average Bonchev–Trinajstić information content (AvgIpc) is 3.42. The highest BCUT2D eigenvalue weighted by atomic mass is 16.6. The predicted octanol–water partition coefficient (Wildman–Crippen LogP) is 7.85. The van der Waals surface area contributed by atoms with Crippen LogP contribution in [-0.2, 0) is 4.74 Å². The topological polar surface area (TPSA) is 12.5 Å². The molecule has 27 heavy (non-hydrogen) atoms. The van der Waals surface area contributed by atoms with Gasteiger partial charge in [0.1, 0.15) is 6.10 Å². The second kappa shape index (κ2) is 15.8. The number of nitrogens with zero attached hydrogens (tertiary/aromatic N) is 1. The number of hydrogen-bond acceptors (Lipinski definition) is 1. The summed E-state index contributed by atoms with van der Waals surface area (Å²) in [6, 6.07) is 0. The number of ether oxygens (including phenoxy) is 1. The minimum absolute atomic E-state index is 0.487. The van der Waals surface area contributed by atoms with E-state index in [0.717, 1.165) is 4.48 Å². The van der Waals surface area contributed by atoms with Gasteiger partial charge < -0.3 is 9.22 Å². The molecule has 1 aliphatic heterocycles. The van der Waals surface area contributed by atoms with Gasteiger partial charge in [-0.25, -0.2) is 0 Å². The van der Waals surface area contributed by atoms with Gasteiger partial charge >= 0.3 is 0 Å². The summed E-state index contributed by atoms with van der Waals surface area (Å²) in [4.78, 5) is 0. The van der Waals surface area contributed by atoms with Crippen LogP contribution >= 0.6 is 0 Å². The first-order valence-electron chi connectivity index (χ1n) is 12.6. The highest BCUT2D eigenvalue weighted by Crippen LogP contribution is 2.33. The van der Waals surface area contributed by atoms with Crippen molar-refractivity contribution in [1.82, 2.24) is 0 Å². The first-order chi connectivity index (χ1) is 13.1. The Kier molecular flexibility index (Phi) is 14.6. The van der Waals surface area contributed by atoms with Crippen LogP contribution in [0.2, 0.25) is 0 Å². The Labute approximate surface area is 172 Å². The maximum atomic E-state index is 5.93. The highest BCUT2D eigenvalue weighted by molar-refractivity contribution is 4.77. The van der Waals surface area contributed by atoms with Crippen LogP contribution in [0.5, 0.6) is 0 Å². The van der Waals surface area contributed by atoms with Crippen molar-refractivity contribution in [2.75, 3.05) is 20.6 Å². The third-order valence-corrected chi connectivity index (χ3v) is 6.39. The van der Waals surface area contributed by atoms with E-state index in [1.807, 2.05) is 0 Å². The SMILES string of the molecule is CCCCCCCCCCCCCCCCCCC1OC1[N+](C)(C)CCC. The smallest absolute Gasteiger partial charge is 0.220 e. The van der Waals surface area contributed by atoms with Gasteiger partial charge in [0.05, 0.1) is 20.6 Å². The molecular formula is C25H52NO+. The summed E-state index contributed by atoms with van der Waals surface area (Å²) in [5.74, 6) is 0. The molecule has 2 heteroatoms. The molecule has 0 aromatic rings. The molecule has 1 saturated heterocycles. The zero-order valence-corrected chi connectivity index (χ0v) is 19.4. The predicted molar refractivity (Wildman–Crippen MR) is 120 cm³/mol. The number of likely N-dealkylation sites (N-methyl/N-ethyl adjacent to an activating group) is 1. The molecule has 0 aliphatic carbocycles. The summed E-state index contributed by atoms with van der Waals surface area (Å²) in [6.07, 6.45) is 26.7. The molecule has 1 rings (SSSR count). The van der Waals surface area contributed by atoms with Crippen LogP contribution in [0.25, 0.3) is 0 Å². The fourth-order valence-corrected chi connectivity index (χ4v) is 4.56. The van der Waals surface area contributed by atoms with Crippen LogP contribution in [0.3, 0.4) is 0 Å². The Morgan fingerprint density at radius 1 is 0.556 bits per heavy atom. The Bertz CT molecular complexity index is 328. The molecule has 2 unspecified atom stereocenters. The fourth-order valence-electron chi connectivity index (χ4n) is 4.56. The first kappa shape index (κ1) is 25.0. The number of unbranched alkanes of at least 4 members (excludes halogenated alkanes) is 15. The Morgan fingerprint density at radius 2 is 0.963 bits per heavy atom. The van der Waals surface area contributed by atoms with Crippen molar-refractivity contribution in [1.29, 1.82) is 0 Å². The van der Waals surface area contributed by atoms with Crippen molar-refractivity contribution < 1.29 is 9.22 Å². The quantitative estimate of drug-likeness (QED) is 0.119. The molecule has 0 aromatic carbocycles. The molecular weight excluding hydrogens is 330 g/mol. The van der Waals surface area contributed by atoms with Crippen molar-refractivity contribution in [2.45, 2.75) is 142 Å². The lowest BCUT2D eigenvalue weighted by Crippen LogP contribution is -2.44. The van der Waals surface area contributed by atoms with Crippen LogP contribution in [0.15, 0.2) is 0 Å². The van der Waals surface area contributed by atoms with Crippen LogP contribution in [-0.4, -0.2) is 37.5 Å². The Morgan fingerprint density at radius 3 is 1.37 bits per heavy atom. The molecule has 162 valence electrons. The molecule has 0 spiro atoms. The maximum absolute atomic E-state index is 5.93. The molecule has 0 radical (unpaired) electrons. The van der Waals surface area contributed by atoms with E-state index in [1.54, 1.807) is 0 Å². The molecule has 2 atom stereocenters. The van der Waals surface area contributed by atoms with Gasteiger partial charge in [0.15, 0.2) is 0 Å². The van der Waals surface area contributed by atoms with Gasteiger partial charge in [-0.3, -0.25) is 0 Å². The Balaban J connectivity index is 1.74. The number of rotatable bonds is 20. The van der Waals surface area contributed by atoms with Gasteiger partial charge in [-0.15, -0.1) is 0 Å². The average molecular weight is 383 g/mol. The van der Waals surface area contributed by atoms with Crippen molar-refractivity contribution in [3.05, 3.63) is 0 Å². The molecule has 0 aromatic heterocycles. The van der Waals surface area contributed by atoms with E-state index >= 15 is 0 Å². The molecule has 1 heterocycles. The van der Waals surface area contributed by atoms with Crippen LogP contribution < -0.4 is 0 Å². The summed E-state index contributed by atoms with van der Waals surface area (Å²) in [7, 11) is 4.64. The van der Waals surface area contributed by atoms with E-state index in [4.69, 9.17) is 4.74 Å². The highest BCUT2D eigenvalue weighted by Gasteiger charge is 2.50. The van der Waals surface area contributed by atoms with Crippen LogP contribution in [0.1, 0.15) is 129 Å². The lowest BCUT2D eigenvalue weighted by molar-refractivity contribution is -0.911. The largest absolute Gasteiger partial charge is 0.314 e. The maximum Gasteiger partial charge on any atom is 0.220 e. The normalized spacial score (nSPS) is 19.6. The zero-order valence-electron chi connectivity index (χ0n) is 19.4. The van der Waals surface area contributed by atoms with Crippen molar-refractivity contribution in [3.63, 3.8) is 0 Å². The van der Waals surface area contributed by atoms with Crippen molar-refractivity contribution >= 4 is 0 Å². The summed E-state index contributed by atoms with van der Waals surface area (Å²) in [6.45, 7) is 5.81. The zero-order chi connectivity index (χ0) is 19.8. The lowest BCUT2D eigenvalue weighted by atomic mass is 10.0. The second-order valence-electron chi connectivity index (χ2n) is 9.66. The molecule has 0 bridgehead atoms. The molecule has 1 aliphatic rings. The number of quaternary nitrogens is 1. The van der Waals surface area contributed by atoms with E-state index in [9.17, 15) is 0 Å². The van der Waals surface area contributed by atoms with Crippen molar-refractivity contribution in [3.8, 4) is 0 Å². The lowest BCUT2D eigenvalue weighted by Gasteiger charge is -2.27. The van der Waals surface area contributed by atoms with E-state index in [2.05, 4.69) is 27.9 Å². The summed E-state index contributed by atoms with van der Waals surface area (Å²) < 4.78 is 6.99. The van der Waals surface area contributed by atoms with Gasteiger partial charge in [0.25, 0.3) is 0 Å². The molecule has 2 nitrogen and oxygen atoms in total. The van der Waals surface area contributed by atoms with Gasteiger partial charge in [-0.1, -0.05) is 117 Å². The van der Waals surface area contributed by atoms with Gasteiger partial charge in [0.2, 0.25) is 6.23 Å². The van der Waals surface area contributed by atoms with Gasteiger partial charge in [0, 0.05) is 0 Å². The van der Waals surface area contributed by atoms with Gasteiger partial charge in [-0.2, -0.15) is 0 Å².